The predicted octanol–water partition coefficient (Wildman–Crippen LogP) is 1.62. The van der Waals surface area contributed by atoms with Gasteiger partial charge in [0.2, 0.25) is 0 Å². The Morgan fingerprint density at radius 2 is 2.24 bits per heavy atom. The molecule has 1 aromatic heterocycles. The molecule has 0 saturated carbocycles. The summed E-state index contributed by atoms with van der Waals surface area (Å²) in [5, 5.41) is 5.00. The number of nitrogens with zero attached hydrogens (tertiary/aromatic N) is 1. The van der Waals surface area contributed by atoms with E-state index in [1.807, 2.05) is 31.2 Å². The zero-order valence-corrected chi connectivity index (χ0v) is 10.2. The van der Waals surface area contributed by atoms with Crippen molar-refractivity contribution < 1.29 is 4.74 Å². The molecule has 2 aromatic rings. The van der Waals surface area contributed by atoms with Crippen molar-refractivity contribution in [2.24, 2.45) is 0 Å². The van der Waals surface area contributed by atoms with Gasteiger partial charge in [-0.05, 0) is 36.8 Å². The lowest BCUT2D eigenvalue weighted by Gasteiger charge is -2.06. The van der Waals surface area contributed by atoms with Crippen LogP contribution < -0.4 is 10.4 Å². The maximum absolute atomic E-state index is 11.3. The van der Waals surface area contributed by atoms with Gasteiger partial charge in [-0.15, -0.1) is 0 Å². The first kappa shape index (κ1) is 11.7. The van der Waals surface area contributed by atoms with E-state index in [0.717, 1.165) is 11.3 Å². The molecule has 0 bridgehead atoms. The number of aromatic amines is 2. The number of ether oxygens (including phenoxy) is 1. The average molecular weight is 251 g/mol. The molecular formula is C11H13N3O2S. The third-order valence-corrected chi connectivity index (χ3v) is 2.66. The molecule has 0 aliphatic heterocycles. The molecule has 1 heterocycles. The lowest BCUT2D eigenvalue weighted by atomic mass is 10.2. The van der Waals surface area contributed by atoms with Crippen LogP contribution in [0.3, 0.4) is 0 Å². The van der Waals surface area contributed by atoms with Crippen molar-refractivity contribution in [1.82, 2.24) is 14.8 Å². The van der Waals surface area contributed by atoms with Gasteiger partial charge < -0.3 is 4.74 Å². The Hall–Kier alpha value is -1.82. The summed E-state index contributed by atoms with van der Waals surface area (Å²) in [5.41, 5.74) is 0.890. The van der Waals surface area contributed by atoms with E-state index in [1.54, 1.807) is 0 Å². The number of hydrogen-bond donors (Lipinski definition) is 2. The predicted molar refractivity (Wildman–Crippen MR) is 66.9 cm³/mol. The van der Waals surface area contributed by atoms with E-state index in [-0.39, 0.29) is 5.69 Å². The fourth-order valence-corrected chi connectivity index (χ4v) is 1.72. The van der Waals surface area contributed by atoms with Crippen LogP contribution >= 0.6 is 12.2 Å². The number of hydrogen-bond acceptors (Lipinski definition) is 3. The largest absolute Gasteiger partial charge is 0.492 e. The molecule has 2 rings (SSSR count). The van der Waals surface area contributed by atoms with Gasteiger partial charge in [-0.2, -0.15) is 0 Å². The smallest absolute Gasteiger partial charge is 0.342 e. The second-order valence-corrected chi connectivity index (χ2v) is 4.06. The molecular weight excluding hydrogens is 238 g/mol. The minimum atomic E-state index is -0.247. The van der Waals surface area contributed by atoms with Crippen LogP contribution in [-0.2, 0) is 6.54 Å². The van der Waals surface area contributed by atoms with Gasteiger partial charge in [0, 0.05) is 0 Å². The summed E-state index contributed by atoms with van der Waals surface area (Å²) in [4.78, 5) is 11.3. The van der Waals surface area contributed by atoms with Gasteiger partial charge >= 0.3 is 5.69 Å². The quantitative estimate of drug-likeness (QED) is 0.812. The molecule has 0 saturated heterocycles. The first-order valence-corrected chi connectivity index (χ1v) is 5.64. The Morgan fingerprint density at radius 1 is 1.41 bits per heavy atom. The zero-order chi connectivity index (χ0) is 12.3. The second-order valence-electron chi connectivity index (χ2n) is 3.68. The normalized spacial score (nSPS) is 10.4. The van der Waals surface area contributed by atoms with Crippen LogP contribution in [0.5, 0.6) is 5.75 Å². The van der Waals surface area contributed by atoms with E-state index in [2.05, 4.69) is 10.2 Å². The molecule has 1 aromatic carbocycles. The first-order chi connectivity index (χ1) is 8.16. The van der Waals surface area contributed by atoms with E-state index >= 15 is 0 Å². The highest BCUT2D eigenvalue weighted by Crippen LogP contribution is 2.11. The molecule has 6 heteroatoms. The van der Waals surface area contributed by atoms with Crippen molar-refractivity contribution in [2.45, 2.75) is 13.5 Å². The Labute approximate surface area is 103 Å². The van der Waals surface area contributed by atoms with Gasteiger partial charge in [-0.1, -0.05) is 12.1 Å². The van der Waals surface area contributed by atoms with Gasteiger partial charge in [0.15, 0.2) is 4.77 Å². The molecule has 0 aliphatic rings. The van der Waals surface area contributed by atoms with Crippen molar-refractivity contribution in [2.75, 3.05) is 6.61 Å². The first-order valence-electron chi connectivity index (χ1n) is 5.24. The van der Waals surface area contributed by atoms with Crippen LogP contribution in [0.2, 0.25) is 0 Å². The molecule has 0 unspecified atom stereocenters. The maximum Gasteiger partial charge on any atom is 0.342 e. The Balaban J connectivity index is 1.97. The molecule has 90 valence electrons. The summed E-state index contributed by atoms with van der Waals surface area (Å²) < 4.78 is 7.34. The summed E-state index contributed by atoms with van der Waals surface area (Å²) in [7, 11) is 0. The number of rotatable bonds is 4. The molecule has 0 spiro atoms. The van der Waals surface area contributed by atoms with Gasteiger partial charge in [-0.25, -0.2) is 9.89 Å². The Bertz CT molecular complexity index is 584. The van der Waals surface area contributed by atoms with Gasteiger partial charge in [0.05, 0.1) is 6.54 Å². The van der Waals surface area contributed by atoms with Crippen molar-refractivity contribution in [1.29, 1.82) is 0 Å². The van der Waals surface area contributed by atoms with Crippen molar-refractivity contribution in [3.63, 3.8) is 0 Å². The van der Waals surface area contributed by atoms with Crippen LogP contribution in [0.1, 0.15) is 5.56 Å². The van der Waals surface area contributed by atoms with Crippen molar-refractivity contribution in [3.8, 4) is 5.75 Å². The zero-order valence-electron chi connectivity index (χ0n) is 9.40. The summed E-state index contributed by atoms with van der Waals surface area (Å²) in [5.74, 6) is 0.795. The number of H-pyrrole nitrogens is 2. The van der Waals surface area contributed by atoms with Crippen molar-refractivity contribution >= 4 is 12.2 Å². The molecule has 0 amide bonds. The molecule has 5 nitrogen and oxygen atoms in total. The average Bonchev–Trinajstić information content (AvgIpc) is 2.61. The molecule has 0 aliphatic carbocycles. The standard InChI is InChI=1S/C11H13N3O2S/c1-8-3-2-4-9(7-8)16-6-5-14-10(15)12-13-11(14)17/h2-4,7H,5-6H2,1H3,(H,12,15)(H,13,17). The number of benzene rings is 1. The van der Waals surface area contributed by atoms with E-state index < -0.39 is 0 Å². The SMILES string of the molecule is Cc1cccc(OCCn2c(=O)[nH][nH]c2=S)c1. The summed E-state index contributed by atoms with van der Waals surface area (Å²) in [6.45, 7) is 2.82. The molecule has 0 radical (unpaired) electrons. The van der Waals surface area contributed by atoms with Crippen LogP contribution in [0.25, 0.3) is 0 Å². The number of aromatic nitrogens is 3. The van der Waals surface area contributed by atoms with Crippen LogP contribution in [0.4, 0.5) is 0 Å². The number of nitrogens with one attached hydrogen (secondary N) is 2. The lowest BCUT2D eigenvalue weighted by molar-refractivity contribution is 0.295. The minimum absolute atomic E-state index is 0.247. The molecule has 2 N–H and O–H groups in total. The highest BCUT2D eigenvalue weighted by molar-refractivity contribution is 7.71. The highest BCUT2D eigenvalue weighted by atomic mass is 32.1. The summed E-state index contributed by atoms with van der Waals surface area (Å²) >= 11 is 4.94. The number of aryl methyl sites for hydroxylation is 1. The fourth-order valence-electron chi connectivity index (χ4n) is 1.50. The van der Waals surface area contributed by atoms with Crippen LogP contribution in [0, 0.1) is 11.7 Å². The van der Waals surface area contributed by atoms with E-state index in [9.17, 15) is 4.79 Å². The maximum atomic E-state index is 11.3. The highest BCUT2D eigenvalue weighted by Gasteiger charge is 2.00. The van der Waals surface area contributed by atoms with E-state index in [0.29, 0.717) is 17.9 Å². The molecule has 0 atom stereocenters. The van der Waals surface area contributed by atoms with Gasteiger partial charge in [0.1, 0.15) is 12.4 Å². The lowest BCUT2D eigenvalue weighted by Crippen LogP contribution is -2.20. The van der Waals surface area contributed by atoms with Crippen LogP contribution in [-0.4, -0.2) is 21.4 Å². The monoisotopic (exact) mass is 251 g/mol. The van der Waals surface area contributed by atoms with Crippen LogP contribution in [0.15, 0.2) is 29.1 Å². The Kier molecular flexibility index (Phi) is 3.43. The second kappa shape index (κ2) is 5.01. The topological polar surface area (TPSA) is 62.8 Å². The van der Waals surface area contributed by atoms with E-state index in [1.165, 1.54) is 4.57 Å². The molecule has 0 fully saturated rings. The third-order valence-electron chi connectivity index (χ3n) is 2.34. The summed E-state index contributed by atoms with van der Waals surface area (Å²) in [6, 6.07) is 7.76. The Morgan fingerprint density at radius 3 is 2.88 bits per heavy atom. The van der Waals surface area contributed by atoms with Crippen molar-refractivity contribution in [3.05, 3.63) is 45.1 Å². The van der Waals surface area contributed by atoms with Gasteiger partial charge in [0.25, 0.3) is 0 Å². The fraction of sp³-hybridized carbons (Fsp3) is 0.273. The third kappa shape index (κ3) is 2.85. The molecule has 17 heavy (non-hydrogen) atoms. The van der Waals surface area contributed by atoms with E-state index in [4.69, 9.17) is 17.0 Å². The summed E-state index contributed by atoms with van der Waals surface area (Å²) in [6.07, 6.45) is 0. The van der Waals surface area contributed by atoms with Gasteiger partial charge in [-0.3, -0.25) is 9.67 Å². The minimum Gasteiger partial charge on any atom is -0.492 e.